The minimum Gasteiger partial charge on any atom is -0.496 e. The molecule has 0 unspecified atom stereocenters. The molecule has 3 aromatic carbocycles. The number of hydrogen-bond donors (Lipinski definition) is 1. The topological polar surface area (TPSA) is 38.3 Å². The number of methoxy groups -OCH3 is 1. The summed E-state index contributed by atoms with van der Waals surface area (Å²) < 4.78 is 5.44. The lowest BCUT2D eigenvalue weighted by atomic mass is 10.1. The molecule has 0 radical (unpaired) electrons. The lowest BCUT2D eigenvalue weighted by Crippen LogP contribution is -2.12. The van der Waals surface area contributed by atoms with E-state index in [-0.39, 0.29) is 5.91 Å². The lowest BCUT2D eigenvalue weighted by Gasteiger charge is -2.11. The standard InChI is InChI=1S/C21H18ClNO2S/c1-25-20-12-7-15(21(24)23-18-10-8-17(22)9-11-18)13-16(20)14-26-19-5-3-2-4-6-19/h2-13H,14H2,1H3,(H,23,24). The van der Waals surface area contributed by atoms with Gasteiger partial charge in [-0.2, -0.15) is 0 Å². The molecule has 0 saturated carbocycles. The van der Waals surface area contributed by atoms with E-state index in [1.54, 1.807) is 49.2 Å². The van der Waals surface area contributed by atoms with Gasteiger partial charge in [-0.05, 0) is 54.6 Å². The number of amides is 1. The van der Waals surface area contributed by atoms with Crippen LogP contribution in [0.2, 0.25) is 5.02 Å². The minimum atomic E-state index is -0.166. The van der Waals surface area contributed by atoms with Crippen molar-refractivity contribution < 1.29 is 9.53 Å². The minimum absolute atomic E-state index is 0.166. The molecule has 1 amide bonds. The predicted octanol–water partition coefficient (Wildman–Crippen LogP) is 5.89. The number of hydrogen-bond acceptors (Lipinski definition) is 3. The number of carbonyl (C=O) groups is 1. The SMILES string of the molecule is COc1ccc(C(=O)Nc2ccc(Cl)cc2)cc1CSc1ccccc1. The molecule has 0 heterocycles. The summed E-state index contributed by atoms with van der Waals surface area (Å²) in [5.74, 6) is 1.33. The normalized spacial score (nSPS) is 10.4. The van der Waals surface area contributed by atoms with Crippen molar-refractivity contribution in [2.75, 3.05) is 12.4 Å². The molecule has 3 aromatic rings. The van der Waals surface area contributed by atoms with Crippen molar-refractivity contribution in [2.24, 2.45) is 0 Å². The molecule has 26 heavy (non-hydrogen) atoms. The molecule has 0 aromatic heterocycles. The highest BCUT2D eigenvalue weighted by Crippen LogP contribution is 2.29. The van der Waals surface area contributed by atoms with Crippen molar-refractivity contribution in [3.8, 4) is 5.75 Å². The van der Waals surface area contributed by atoms with E-state index in [0.717, 1.165) is 17.1 Å². The molecular formula is C21H18ClNO2S. The van der Waals surface area contributed by atoms with Gasteiger partial charge >= 0.3 is 0 Å². The summed E-state index contributed by atoms with van der Waals surface area (Å²) in [7, 11) is 1.64. The molecule has 0 bridgehead atoms. The van der Waals surface area contributed by atoms with E-state index in [9.17, 15) is 4.79 Å². The first kappa shape index (κ1) is 18.4. The van der Waals surface area contributed by atoms with Crippen LogP contribution in [0.5, 0.6) is 5.75 Å². The van der Waals surface area contributed by atoms with E-state index in [1.165, 1.54) is 4.90 Å². The van der Waals surface area contributed by atoms with Gasteiger partial charge in [0.25, 0.3) is 5.91 Å². The van der Waals surface area contributed by atoms with Crippen LogP contribution in [0.1, 0.15) is 15.9 Å². The van der Waals surface area contributed by atoms with Gasteiger partial charge in [0.1, 0.15) is 5.75 Å². The van der Waals surface area contributed by atoms with Crippen molar-refractivity contribution in [3.63, 3.8) is 0 Å². The fourth-order valence-corrected chi connectivity index (χ4v) is 3.47. The third kappa shape index (κ3) is 4.81. The molecule has 0 aliphatic rings. The molecule has 0 saturated heterocycles. The van der Waals surface area contributed by atoms with Gasteiger partial charge < -0.3 is 10.1 Å². The van der Waals surface area contributed by atoms with Gasteiger partial charge in [-0.1, -0.05) is 29.8 Å². The third-order valence-corrected chi connectivity index (χ3v) is 5.10. The summed E-state index contributed by atoms with van der Waals surface area (Å²) in [5, 5.41) is 3.51. The van der Waals surface area contributed by atoms with Gasteiger partial charge in [-0.15, -0.1) is 11.8 Å². The second-order valence-electron chi connectivity index (χ2n) is 5.59. The van der Waals surface area contributed by atoms with Gasteiger partial charge in [0, 0.05) is 32.5 Å². The molecule has 0 fully saturated rings. The van der Waals surface area contributed by atoms with Crippen LogP contribution in [0.25, 0.3) is 0 Å². The molecule has 0 atom stereocenters. The number of halogens is 1. The Hall–Kier alpha value is -2.43. The molecule has 132 valence electrons. The van der Waals surface area contributed by atoms with Crippen LogP contribution in [0, 0.1) is 0 Å². The zero-order valence-corrected chi connectivity index (χ0v) is 15.8. The molecule has 0 aliphatic heterocycles. The summed E-state index contributed by atoms with van der Waals surface area (Å²) in [6.45, 7) is 0. The number of thioether (sulfide) groups is 1. The fraction of sp³-hybridized carbons (Fsp3) is 0.0952. The van der Waals surface area contributed by atoms with Crippen LogP contribution >= 0.6 is 23.4 Å². The monoisotopic (exact) mass is 383 g/mol. The van der Waals surface area contributed by atoms with Gasteiger partial charge in [0.15, 0.2) is 0 Å². The van der Waals surface area contributed by atoms with Crippen molar-refractivity contribution in [1.29, 1.82) is 0 Å². The van der Waals surface area contributed by atoms with Crippen molar-refractivity contribution in [3.05, 3.63) is 88.9 Å². The summed E-state index contributed by atoms with van der Waals surface area (Å²) >= 11 is 7.58. The van der Waals surface area contributed by atoms with E-state index >= 15 is 0 Å². The maximum absolute atomic E-state index is 12.5. The Morgan fingerprint density at radius 1 is 1.04 bits per heavy atom. The number of rotatable bonds is 6. The first-order valence-electron chi connectivity index (χ1n) is 8.07. The van der Waals surface area contributed by atoms with Crippen LogP contribution in [0.3, 0.4) is 0 Å². The second-order valence-corrected chi connectivity index (χ2v) is 7.07. The van der Waals surface area contributed by atoms with Crippen LogP contribution in [0.15, 0.2) is 77.7 Å². The molecule has 5 heteroatoms. The smallest absolute Gasteiger partial charge is 0.255 e. The third-order valence-electron chi connectivity index (χ3n) is 3.78. The van der Waals surface area contributed by atoms with Crippen molar-refractivity contribution in [1.82, 2.24) is 0 Å². The molecular weight excluding hydrogens is 366 g/mol. The van der Waals surface area contributed by atoms with Gasteiger partial charge in [0.05, 0.1) is 7.11 Å². The Balaban J connectivity index is 1.75. The Kier molecular flexibility index (Phi) is 6.21. The molecule has 3 nitrogen and oxygen atoms in total. The van der Waals surface area contributed by atoms with E-state index < -0.39 is 0 Å². The first-order chi connectivity index (χ1) is 12.7. The highest BCUT2D eigenvalue weighted by Gasteiger charge is 2.11. The first-order valence-corrected chi connectivity index (χ1v) is 9.44. The van der Waals surface area contributed by atoms with Crippen molar-refractivity contribution >= 4 is 35.0 Å². The average molecular weight is 384 g/mol. The Morgan fingerprint density at radius 3 is 2.46 bits per heavy atom. The fourth-order valence-electron chi connectivity index (χ4n) is 2.45. The van der Waals surface area contributed by atoms with Crippen LogP contribution < -0.4 is 10.1 Å². The summed E-state index contributed by atoms with van der Waals surface area (Å²) in [5.41, 5.74) is 2.27. The largest absolute Gasteiger partial charge is 0.496 e. The average Bonchev–Trinajstić information content (AvgIpc) is 2.68. The number of benzene rings is 3. The van der Waals surface area contributed by atoms with Gasteiger partial charge in [-0.25, -0.2) is 0 Å². The molecule has 1 N–H and O–H groups in total. The number of ether oxygens (including phenoxy) is 1. The second kappa shape index (κ2) is 8.79. The van der Waals surface area contributed by atoms with Crippen LogP contribution in [-0.4, -0.2) is 13.0 Å². The van der Waals surface area contributed by atoms with Gasteiger partial charge in [0.2, 0.25) is 0 Å². The van der Waals surface area contributed by atoms with Crippen LogP contribution in [-0.2, 0) is 5.75 Å². The highest BCUT2D eigenvalue weighted by atomic mass is 35.5. The predicted molar refractivity (Wildman–Crippen MR) is 108 cm³/mol. The Morgan fingerprint density at radius 2 is 1.77 bits per heavy atom. The lowest BCUT2D eigenvalue weighted by molar-refractivity contribution is 0.102. The number of anilines is 1. The quantitative estimate of drug-likeness (QED) is 0.539. The summed E-state index contributed by atoms with van der Waals surface area (Å²) in [6, 6.07) is 22.6. The highest BCUT2D eigenvalue weighted by molar-refractivity contribution is 7.98. The maximum atomic E-state index is 12.5. The van der Waals surface area contributed by atoms with E-state index in [2.05, 4.69) is 17.4 Å². The molecule has 3 rings (SSSR count). The van der Waals surface area contributed by atoms with Crippen LogP contribution in [0.4, 0.5) is 5.69 Å². The molecule has 0 spiro atoms. The number of carbonyl (C=O) groups excluding carboxylic acids is 1. The molecule has 0 aliphatic carbocycles. The zero-order valence-electron chi connectivity index (χ0n) is 14.2. The zero-order chi connectivity index (χ0) is 18.4. The van der Waals surface area contributed by atoms with Crippen molar-refractivity contribution in [2.45, 2.75) is 10.6 Å². The van der Waals surface area contributed by atoms with E-state index in [1.807, 2.05) is 30.3 Å². The summed E-state index contributed by atoms with van der Waals surface area (Å²) in [6.07, 6.45) is 0. The summed E-state index contributed by atoms with van der Waals surface area (Å²) in [4.78, 5) is 13.7. The van der Waals surface area contributed by atoms with E-state index in [4.69, 9.17) is 16.3 Å². The van der Waals surface area contributed by atoms with Gasteiger partial charge in [-0.3, -0.25) is 4.79 Å². The Bertz CT molecular complexity index is 882. The maximum Gasteiger partial charge on any atom is 0.255 e. The Labute approximate surface area is 162 Å². The van der Waals surface area contributed by atoms with E-state index in [0.29, 0.717) is 16.3 Å². The number of nitrogens with one attached hydrogen (secondary N) is 1.